The van der Waals surface area contributed by atoms with Crippen molar-refractivity contribution in [3.63, 3.8) is 0 Å². The van der Waals surface area contributed by atoms with E-state index in [9.17, 15) is 19.2 Å². The molecule has 0 unspecified atom stereocenters. The zero-order chi connectivity index (χ0) is 25.2. The van der Waals surface area contributed by atoms with E-state index in [2.05, 4.69) is 10.6 Å². The SMILES string of the molecule is COc1cc(/C=C(/C#N)C(=O)N[C@H](C)c2ccccc2)ccc1OCC(=O)Nc1ccc(F)cc1. The lowest BCUT2D eigenvalue weighted by Crippen LogP contribution is -2.27. The quantitative estimate of drug-likeness (QED) is 0.348. The van der Waals surface area contributed by atoms with Crippen molar-refractivity contribution in [2.45, 2.75) is 13.0 Å². The number of anilines is 1. The molecule has 0 spiro atoms. The number of ether oxygens (including phenoxy) is 2. The van der Waals surface area contributed by atoms with E-state index in [0.29, 0.717) is 22.7 Å². The molecule has 8 heteroatoms. The normalized spacial score (nSPS) is 11.7. The summed E-state index contributed by atoms with van der Waals surface area (Å²) in [6.07, 6.45) is 1.45. The largest absolute Gasteiger partial charge is 0.493 e. The van der Waals surface area contributed by atoms with Gasteiger partial charge in [-0.2, -0.15) is 5.26 Å². The molecule has 0 aliphatic carbocycles. The van der Waals surface area contributed by atoms with Crippen LogP contribution in [0.2, 0.25) is 0 Å². The van der Waals surface area contributed by atoms with Gasteiger partial charge in [0.2, 0.25) is 0 Å². The van der Waals surface area contributed by atoms with Crippen LogP contribution >= 0.6 is 0 Å². The van der Waals surface area contributed by atoms with E-state index in [-0.39, 0.29) is 18.2 Å². The third kappa shape index (κ3) is 7.17. The highest BCUT2D eigenvalue weighted by Crippen LogP contribution is 2.29. The van der Waals surface area contributed by atoms with Gasteiger partial charge < -0.3 is 20.1 Å². The molecular weight excluding hydrogens is 449 g/mol. The monoisotopic (exact) mass is 473 g/mol. The van der Waals surface area contributed by atoms with Crippen LogP contribution in [0.1, 0.15) is 24.1 Å². The molecule has 7 nitrogen and oxygen atoms in total. The minimum Gasteiger partial charge on any atom is -0.493 e. The summed E-state index contributed by atoms with van der Waals surface area (Å²) in [6, 6.07) is 21.3. The smallest absolute Gasteiger partial charge is 0.262 e. The van der Waals surface area contributed by atoms with Crippen molar-refractivity contribution in [1.29, 1.82) is 5.26 Å². The number of hydrogen-bond donors (Lipinski definition) is 2. The van der Waals surface area contributed by atoms with Gasteiger partial charge in [0, 0.05) is 5.69 Å². The second-order valence-electron chi connectivity index (χ2n) is 7.53. The van der Waals surface area contributed by atoms with Crippen molar-refractivity contribution in [3.05, 3.63) is 95.3 Å². The van der Waals surface area contributed by atoms with Crippen LogP contribution in [0, 0.1) is 17.1 Å². The van der Waals surface area contributed by atoms with E-state index < -0.39 is 17.6 Å². The molecule has 2 N–H and O–H groups in total. The van der Waals surface area contributed by atoms with Crippen LogP contribution in [0.4, 0.5) is 10.1 Å². The van der Waals surface area contributed by atoms with Gasteiger partial charge in [-0.05, 0) is 60.5 Å². The third-order valence-corrected chi connectivity index (χ3v) is 5.00. The zero-order valence-electron chi connectivity index (χ0n) is 19.2. The number of benzene rings is 3. The molecule has 0 aliphatic rings. The summed E-state index contributed by atoms with van der Waals surface area (Å²) < 4.78 is 23.9. The highest BCUT2D eigenvalue weighted by atomic mass is 19.1. The molecule has 35 heavy (non-hydrogen) atoms. The van der Waals surface area contributed by atoms with Gasteiger partial charge in [0.05, 0.1) is 13.2 Å². The Balaban J connectivity index is 1.65. The molecule has 3 aromatic carbocycles. The van der Waals surface area contributed by atoms with E-state index in [0.717, 1.165) is 5.56 Å². The van der Waals surface area contributed by atoms with Crippen molar-refractivity contribution in [2.75, 3.05) is 19.0 Å². The second-order valence-corrected chi connectivity index (χ2v) is 7.53. The molecule has 3 aromatic rings. The number of hydrogen-bond acceptors (Lipinski definition) is 5. The Morgan fingerprint density at radius 2 is 1.77 bits per heavy atom. The van der Waals surface area contributed by atoms with Crippen LogP contribution in [-0.4, -0.2) is 25.5 Å². The molecule has 178 valence electrons. The fourth-order valence-corrected chi connectivity index (χ4v) is 3.18. The van der Waals surface area contributed by atoms with Crippen molar-refractivity contribution < 1.29 is 23.5 Å². The molecular formula is C27H24FN3O4. The maximum atomic E-state index is 13.0. The van der Waals surface area contributed by atoms with E-state index >= 15 is 0 Å². The Morgan fingerprint density at radius 3 is 2.43 bits per heavy atom. The van der Waals surface area contributed by atoms with Crippen LogP contribution in [0.25, 0.3) is 6.08 Å². The van der Waals surface area contributed by atoms with Gasteiger partial charge in [-0.25, -0.2) is 4.39 Å². The first-order valence-corrected chi connectivity index (χ1v) is 10.7. The van der Waals surface area contributed by atoms with Crippen LogP contribution < -0.4 is 20.1 Å². The molecule has 0 fully saturated rings. The lowest BCUT2D eigenvalue weighted by atomic mass is 10.1. The van der Waals surface area contributed by atoms with Gasteiger partial charge in [-0.1, -0.05) is 36.4 Å². The molecule has 0 aromatic heterocycles. The van der Waals surface area contributed by atoms with Gasteiger partial charge in [0.25, 0.3) is 11.8 Å². The summed E-state index contributed by atoms with van der Waals surface area (Å²) >= 11 is 0. The average Bonchev–Trinajstić information content (AvgIpc) is 2.88. The van der Waals surface area contributed by atoms with E-state index in [1.807, 2.05) is 43.3 Å². The number of nitriles is 1. The number of carbonyl (C=O) groups excluding carboxylic acids is 2. The predicted octanol–water partition coefficient (Wildman–Crippen LogP) is 4.64. The highest BCUT2D eigenvalue weighted by molar-refractivity contribution is 6.02. The number of halogens is 1. The fraction of sp³-hybridized carbons (Fsp3) is 0.148. The van der Waals surface area contributed by atoms with Crippen LogP contribution in [0.15, 0.2) is 78.4 Å². The summed E-state index contributed by atoms with van der Waals surface area (Å²) in [7, 11) is 1.44. The van der Waals surface area contributed by atoms with E-state index in [1.165, 1.54) is 37.5 Å². The Morgan fingerprint density at radius 1 is 1.06 bits per heavy atom. The number of nitrogens with one attached hydrogen (secondary N) is 2. The molecule has 0 radical (unpaired) electrons. The van der Waals surface area contributed by atoms with Gasteiger partial charge in [0.1, 0.15) is 17.5 Å². The number of nitrogens with zero attached hydrogens (tertiary/aromatic N) is 1. The first kappa shape index (κ1) is 25.0. The number of amides is 2. The van der Waals surface area contributed by atoms with Gasteiger partial charge >= 0.3 is 0 Å². The fourth-order valence-electron chi connectivity index (χ4n) is 3.18. The van der Waals surface area contributed by atoms with Crippen molar-refractivity contribution in [1.82, 2.24) is 5.32 Å². The molecule has 0 saturated carbocycles. The highest BCUT2D eigenvalue weighted by Gasteiger charge is 2.15. The summed E-state index contributed by atoms with van der Waals surface area (Å²) in [5.41, 5.74) is 1.84. The maximum absolute atomic E-state index is 13.0. The molecule has 0 aliphatic heterocycles. The lowest BCUT2D eigenvalue weighted by molar-refractivity contribution is -0.118. The topological polar surface area (TPSA) is 100 Å². The zero-order valence-corrected chi connectivity index (χ0v) is 19.2. The van der Waals surface area contributed by atoms with E-state index in [1.54, 1.807) is 18.2 Å². The summed E-state index contributed by atoms with van der Waals surface area (Å²) in [6.45, 7) is 1.54. The van der Waals surface area contributed by atoms with Gasteiger partial charge in [-0.3, -0.25) is 9.59 Å². The standard InChI is InChI=1S/C27H24FN3O4/c1-18(20-6-4-3-5-7-20)30-27(33)21(16-29)14-19-8-13-24(25(15-19)34-2)35-17-26(32)31-23-11-9-22(28)10-12-23/h3-15,18H,17H2,1-2H3,(H,30,33)(H,31,32)/b21-14-/t18-/m1/s1. The molecule has 1 atom stereocenters. The number of methoxy groups -OCH3 is 1. The summed E-state index contributed by atoms with van der Waals surface area (Å²) in [4.78, 5) is 24.7. The lowest BCUT2D eigenvalue weighted by Gasteiger charge is -2.14. The van der Waals surface area contributed by atoms with Crippen LogP contribution in [0.5, 0.6) is 11.5 Å². The second kappa shape index (κ2) is 12.0. The number of rotatable bonds is 9. The Bertz CT molecular complexity index is 1250. The minimum atomic E-state index is -0.499. The predicted molar refractivity (Wildman–Crippen MR) is 130 cm³/mol. The van der Waals surface area contributed by atoms with Crippen LogP contribution in [-0.2, 0) is 9.59 Å². The molecule has 3 rings (SSSR count). The Hall–Kier alpha value is -4.64. The Labute approximate surface area is 202 Å². The minimum absolute atomic E-state index is 0.0674. The van der Waals surface area contributed by atoms with Crippen molar-refractivity contribution >= 4 is 23.6 Å². The van der Waals surface area contributed by atoms with Crippen molar-refractivity contribution in [2.24, 2.45) is 0 Å². The summed E-state index contributed by atoms with van der Waals surface area (Å²) in [5, 5.41) is 14.9. The van der Waals surface area contributed by atoms with Crippen LogP contribution in [0.3, 0.4) is 0 Å². The first-order chi connectivity index (χ1) is 16.9. The molecule has 0 saturated heterocycles. The van der Waals surface area contributed by atoms with Gasteiger partial charge in [0.15, 0.2) is 18.1 Å². The third-order valence-electron chi connectivity index (χ3n) is 5.00. The molecule has 0 heterocycles. The van der Waals surface area contributed by atoms with E-state index in [4.69, 9.17) is 9.47 Å². The molecule has 0 bridgehead atoms. The van der Waals surface area contributed by atoms with Gasteiger partial charge in [-0.15, -0.1) is 0 Å². The molecule has 2 amide bonds. The Kier molecular flexibility index (Phi) is 8.57. The average molecular weight is 474 g/mol. The number of carbonyl (C=O) groups is 2. The maximum Gasteiger partial charge on any atom is 0.262 e. The summed E-state index contributed by atoms with van der Waals surface area (Å²) in [5.74, 6) is -0.705. The van der Waals surface area contributed by atoms with Crippen molar-refractivity contribution in [3.8, 4) is 17.6 Å². The first-order valence-electron chi connectivity index (χ1n) is 10.7.